The van der Waals surface area contributed by atoms with Crippen LogP contribution >= 0.6 is 23.4 Å². The van der Waals surface area contributed by atoms with Gasteiger partial charge < -0.3 is 0 Å². The van der Waals surface area contributed by atoms with E-state index >= 15 is 0 Å². The van der Waals surface area contributed by atoms with E-state index in [1.807, 2.05) is 42.5 Å². The first-order valence-corrected chi connectivity index (χ1v) is 9.29. The second-order valence-electron chi connectivity index (χ2n) is 5.54. The molecule has 0 atom stereocenters. The lowest BCUT2D eigenvalue weighted by molar-refractivity contribution is 0.658. The molecule has 0 aliphatic rings. The molecule has 126 valence electrons. The van der Waals surface area contributed by atoms with Gasteiger partial charge in [-0.25, -0.2) is 4.98 Å². The van der Waals surface area contributed by atoms with E-state index < -0.39 is 0 Å². The Labute approximate surface area is 155 Å². The number of nitrogens with zero attached hydrogens (tertiary/aromatic N) is 3. The predicted octanol–water partition coefficient (Wildman–Crippen LogP) is 4.49. The molecule has 1 aromatic heterocycles. The summed E-state index contributed by atoms with van der Waals surface area (Å²) < 4.78 is 1.70. The topological polar surface area (TPSA) is 58.7 Å². The number of halogens is 1. The molecule has 0 saturated heterocycles. The first kappa shape index (κ1) is 17.5. The summed E-state index contributed by atoms with van der Waals surface area (Å²) in [7, 11) is 0. The molecular weight excluding hydrogens is 354 g/mol. The highest BCUT2D eigenvalue weighted by atomic mass is 35.5. The number of benzene rings is 2. The first-order chi connectivity index (χ1) is 12.2. The molecule has 0 N–H and O–H groups in total. The summed E-state index contributed by atoms with van der Waals surface area (Å²) in [6.45, 7) is 0.439. The largest absolute Gasteiger partial charge is 0.283 e. The number of hydrogen-bond acceptors (Lipinski definition) is 4. The van der Waals surface area contributed by atoms with Gasteiger partial charge in [0.05, 0.1) is 23.5 Å². The van der Waals surface area contributed by atoms with Crippen molar-refractivity contribution in [2.45, 2.75) is 24.5 Å². The first-order valence-electron chi connectivity index (χ1n) is 7.93. The van der Waals surface area contributed by atoms with Crippen molar-refractivity contribution in [1.29, 1.82) is 5.26 Å². The van der Waals surface area contributed by atoms with Crippen molar-refractivity contribution in [2.24, 2.45) is 0 Å². The Balaban J connectivity index is 2.00. The number of fused-ring (bicyclic) bond motifs is 1. The van der Waals surface area contributed by atoms with Crippen molar-refractivity contribution in [2.75, 3.05) is 5.75 Å². The van der Waals surface area contributed by atoms with Gasteiger partial charge in [-0.15, -0.1) is 0 Å². The van der Waals surface area contributed by atoms with E-state index in [9.17, 15) is 4.79 Å². The molecule has 0 aliphatic heterocycles. The highest BCUT2D eigenvalue weighted by molar-refractivity contribution is 7.99. The molecule has 0 amide bonds. The van der Waals surface area contributed by atoms with Crippen molar-refractivity contribution in [3.8, 4) is 6.07 Å². The molecule has 3 rings (SSSR count). The average Bonchev–Trinajstić information content (AvgIpc) is 2.63. The maximum absolute atomic E-state index is 12.9. The highest BCUT2D eigenvalue weighted by Crippen LogP contribution is 2.20. The van der Waals surface area contributed by atoms with E-state index in [2.05, 4.69) is 11.1 Å². The Bertz CT molecular complexity index is 977. The van der Waals surface area contributed by atoms with Crippen LogP contribution in [-0.2, 0) is 6.54 Å². The van der Waals surface area contributed by atoms with Gasteiger partial charge in [-0.05, 0) is 36.2 Å². The molecule has 0 saturated carbocycles. The van der Waals surface area contributed by atoms with Gasteiger partial charge >= 0.3 is 0 Å². The fourth-order valence-corrected chi connectivity index (χ4v) is 3.55. The Morgan fingerprint density at radius 3 is 2.68 bits per heavy atom. The Morgan fingerprint density at radius 2 is 1.92 bits per heavy atom. The smallest absolute Gasteiger partial charge is 0.262 e. The van der Waals surface area contributed by atoms with E-state index in [4.69, 9.17) is 16.9 Å². The van der Waals surface area contributed by atoms with E-state index in [0.717, 1.165) is 17.7 Å². The van der Waals surface area contributed by atoms with E-state index in [-0.39, 0.29) is 5.56 Å². The molecule has 3 aromatic rings. The SMILES string of the molecule is N#CCCCSc1nc2ccccc2c(=O)n1Cc1ccc(Cl)cc1. The van der Waals surface area contributed by atoms with Crippen LogP contribution in [-0.4, -0.2) is 15.3 Å². The number of hydrogen-bond donors (Lipinski definition) is 0. The van der Waals surface area contributed by atoms with Gasteiger partial charge in [-0.1, -0.05) is 47.6 Å². The third-order valence-electron chi connectivity index (χ3n) is 3.74. The summed E-state index contributed by atoms with van der Waals surface area (Å²) in [6.07, 6.45) is 1.27. The zero-order valence-electron chi connectivity index (χ0n) is 13.5. The maximum Gasteiger partial charge on any atom is 0.262 e. The van der Waals surface area contributed by atoms with E-state index in [1.165, 1.54) is 11.8 Å². The molecule has 0 radical (unpaired) electrons. The Hall–Kier alpha value is -2.29. The fraction of sp³-hybridized carbons (Fsp3) is 0.211. The molecule has 25 heavy (non-hydrogen) atoms. The van der Waals surface area contributed by atoms with Crippen molar-refractivity contribution in [1.82, 2.24) is 9.55 Å². The number of thioether (sulfide) groups is 1. The third kappa shape index (κ3) is 4.22. The highest BCUT2D eigenvalue weighted by Gasteiger charge is 2.12. The van der Waals surface area contributed by atoms with Crippen LogP contribution in [0.4, 0.5) is 0 Å². The third-order valence-corrected chi connectivity index (χ3v) is 5.06. The minimum atomic E-state index is -0.0525. The molecule has 0 fully saturated rings. The van der Waals surface area contributed by atoms with Crippen molar-refractivity contribution >= 4 is 34.3 Å². The Kier molecular flexibility index (Phi) is 5.75. The number of aromatic nitrogens is 2. The van der Waals surface area contributed by atoms with Gasteiger partial charge in [-0.3, -0.25) is 9.36 Å². The van der Waals surface area contributed by atoms with Gasteiger partial charge in [0.15, 0.2) is 5.16 Å². The minimum absolute atomic E-state index is 0.0525. The monoisotopic (exact) mass is 369 g/mol. The minimum Gasteiger partial charge on any atom is -0.283 e. The lowest BCUT2D eigenvalue weighted by atomic mass is 10.2. The van der Waals surface area contributed by atoms with Gasteiger partial charge in [0.1, 0.15) is 0 Å². The Morgan fingerprint density at radius 1 is 1.16 bits per heavy atom. The van der Waals surface area contributed by atoms with Crippen LogP contribution in [0.25, 0.3) is 10.9 Å². The number of nitriles is 1. The van der Waals surface area contributed by atoms with Crippen molar-refractivity contribution in [3.05, 3.63) is 69.5 Å². The molecule has 0 unspecified atom stereocenters. The van der Waals surface area contributed by atoms with Crippen LogP contribution in [0.5, 0.6) is 0 Å². The lowest BCUT2D eigenvalue weighted by Crippen LogP contribution is -2.24. The van der Waals surface area contributed by atoms with Gasteiger partial charge in [0.25, 0.3) is 5.56 Å². The van der Waals surface area contributed by atoms with Gasteiger partial charge in [0.2, 0.25) is 0 Å². The summed E-state index contributed by atoms with van der Waals surface area (Å²) in [5.74, 6) is 0.749. The van der Waals surface area contributed by atoms with E-state index in [1.54, 1.807) is 10.6 Å². The lowest BCUT2D eigenvalue weighted by Gasteiger charge is -2.13. The number of unbranched alkanes of at least 4 members (excludes halogenated alkanes) is 1. The molecular formula is C19H16ClN3OS. The standard InChI is InChI=1S/C19H16ClN3OS/c20-15-9-7-14(8-10-15)13-23-18(24)16-5-1-2-6-17(16)22-19(23)25-12-4-3-11-21/h1-2,5-10H,3-4,12-13H2. The van der Waals surface area contributed by atoms with E-state index in [0.29, 0.717) is 34.0 Å². The molecule has 6 heteroatoms. The summed E-state index contributed by atoms with van der Waals surface area (Å²) in [6, 6.07) is 17.0. The number of rotatable bonds is 6. The number of para-hydroxylation sites is 1. The maximum atomic E-state index is 12.9. The molecule has 1 heterocycles. The quantitative estimate of drug-likeness (QED) is 0.365. The van der Waals surface area contributed by atoms with Gasteiger partial charge in [0, 0.05) is 17.2 Å². The van der Waals surface area contributed by atoms with Crippen LogP contribution in [0, 0.1) is 11.3 Å². The summed E-state index contributed by atoms with van der Waals surface area (Å²) in [5, 5.41) is 10.6. The second kappa shape index (κ2) is 8.19. The summed E-state index contributed by atoms with van der Waals surface area (Å²) in [5.41, 5.74) is 1.63. The molecule has 2 aromatic carbocycles. The second-order valence-corrected chi connectivity index (χ2v) is 7.04. The van der Waals surface area contributed by atoms with Crippen LogP contribution in [0.2, 0.25) is 5.02 Å². The fourth-order valence-electron chi connectivity index (χ4n) is 2.48. The zero-order chi connectivity index (χ0) is 17.6. The summed E-state index contributed by atoms with van der Waals surface area (Å²) in [4.78, 5) is 17.6. The van der Waals surface area contributed by atoms with Crippen LogP contribution in [0.3, 0.4) is 0 Å². The van der Waals surface area contributed by atoms with Crippen LogP contribution in [0.15, 0.2) is 58.5 Å². The molecule has 0 aliphatic carbocycles. The molecule has 4 nitrogen and oxygen atoms in total. The van der Waals surface area contributed by atoms with Crippen LogP contribution in [0.1, 0.15) is 18.4 Å². The van der Waals surface area contributed by atoms with Crippen molar-refractivity contribution < 1.29 is 0 Å². The summed E-state index contributed by atoms with van der Waals surface area (Å²) >= 11 is 7.46. The predicted molar refractivity (Wildman–Crippen MR) is 102 cm³/mol. The molecule has 0 bridgehead atoms. The normalized spacial score (nSPS) is 10.7. The average molecular weight is 370 g/mol. The molecule has 0 spiro atoms. The zero-order valence-corrected chi connectivity index (χ0v) is 15.1. The van der Waals surface area contributed by atoms with Crippen LogP contribution < -0.4 is 5.56 Å². The van der Waals surface area contributed by atoms with Gasteiger partial charge in [-0.2, -0.15) is 5.26 Å². The van der Waals surface area contributed by atoms with Crippen molar-refractivity contribution in [3.63, 3.8) is 0 Å².